The molecule has 0 aliphatic carbocycles. The molecule has 5 rings (SSSR count). The molecular formula is C30H29Cl2N3Na2O7S. The van der Waals surface area contributed by atoms with E-state index in [0.717, 1.165) is 27.4 Å². The van der Waals surface area contributed by atoms with Gasteiger partial charge in [-0.25, -0.2) is 8.42 Å². The monoisotopic (exact) mass is 691 g/mol. The molecule has 10 nitrogen and oxygen atoms in total. The molecule has 0 saturated carbocycles. The van der Waals surface area contributed by atoms with Gasteiger partial charge in [0, 0.05) is 33.2 Å². The summed E-state index contributed by atoms with van der Waals surface area (Å²) in [6.45, 7) is 1.71. The van der Waals surface area contributed by atoms with Gasteiger partial charge in [0.25, 0.3) is 12.4 Å². The van der Waals surface area contributed by atoms with Gasteiger partial charge in [-0.15, -0.1) is 0 Å². The number of aliphatic hydroxyl groups is 1. The molecule has 1 amide bonds. The third-order valence-corrected chi connectivity index (χ3v) is 7.62. The number of carbonyl (C=O) groups is 2. The Balaban J connectivity index is 0. The van der Waals surface area contributed by atoms with Gasteiger partial charge >= 0.3 is 59.1 Å². The van der Waals surface area contributed by atoms with E-state index < -0.39 is 21.6 Å². The molecule has 0 radical (unpaired) electrons. The van der Waals surface area contributed by atoms with E-state index in [-0.39, 0.29) is 91.5 Å². The van der Waals surface area contributed by atoms with E-state index in [1.165, 1.54) is 18.3 Å². The van der Waals surface area contributed by atoms with E-state index in [2.05, 4.69) is 20.2 Å². The standard InChI is InChI=1S/C18H15ClN2O3S.C10H8ClNO.CH2O3.CH4.2Na.H/c1-12-2-6-16(7-3-12)25(23,24)11-21-18(22)14-8-13-4-5-15(19)9-17(13)20-10-14;11-9-2-1-8-3-7(6-13)5-12-10(8)4-9;2-1-4-3;;;;/h2-10H,11H2,1H3,(H,21,22);1-5,13H,6H2;1,3H;1H4;;;/q;;;;2*+1;-1/p-1. The van der Waals surface area contributed by atoms with Gasteiger partial charge in [0.1, 0.15) is 5.88 Å². The van der Waals surface area contributed by atoms with Crippen molar-refractivity contribution in [2.75, 3.05) is 5.88 Å². The smallest absolute Gasteiger partial charge is 1.00 e. The molecule has 5 aromatic rings. The van der Waals surface area contributed by atoms with E-state index >= 15 is 0 Å². The van der Waals surface area contributed by atoms with Gasteiger partial charge in [-0.3, -0.25) is 19.6 Å². The van der Waals surface area contributed by atoms with Gasteiger partial charge in [-0.05, 0) is 61.0 Å². The first-order chi connectivity index (χ1) is 20.1. The van der Waals surface area contributed by atoms with Gasteiger partial charge in [-0.1, -0.05) is 60.5 Å². The zero-order chi connectivity index (χ0) is 30.7. The molecule has 45 heavy (non-hydrogen) atoms. The molecule has 2 N–H and O–H groups in total. The number of nitrogens with one attached hydrogen (secondary N) is 1. The Bertz CT molecular complexity index is 1820. The number of fused-ring (bicyclic) bond motifs is 2. The second kappa shape index (κ2) is 20.9. The summed E-state index contributed by atoms with van der Waals surface area (Å²) in [6, 6.07) is 20.7. The molecule has 0 aliphatic rings. The second-order valence-electron chi connectivity index (χ2n) is 8.67. The summed E-state index contributed by atoms with van der Waals surface area (Å²) in [5.74, 6) is -0.979. The molecule has 0 aliphatic heterocycles. The van der Waals surface area contributed by atoms with E-state index in [4.69, 9.17) is 38.4 Å². The van der Waals surface area contributed by atoms with Crippen molar-refractivity contribution in [3.8, 4) is 0 Å². The number of hydrogen-bond donors (Lipinski definition) is 2. The van der Waals surface area contributed by atoms with E-state index in [9.17, 15) is 13.2 Å². The van der Waals surface area contributed by atoms with Crippen LogP contribution in [0.2, 0.25) is 10.0 Å². The van der Waals surface area contributed by atoms with Crippen LogP contribution in [0.25, 0.3) is 21.8 Å². The zero-order valence-corrected chi connectivity index (χ0v) is 30.4. The summed E-state index contributed by atoms with van der Waals surface area (Å²) in [5.41, 5.74) is 3.58. The predicted molar refractivity (Wildman–Crippen MR) is 165 cm³/mol. The molecule has 228 valence electrons. The molecule has 0 atom stereocenters. The molecule has 3 aromatic carbocycles. The van der Waals surface area contributed by atoms with E-state index in [1.54, 1.807) is 48.7 Å². The number of amides is 1. The van der Waals surface area contributed by atoms with Crippen molar-refractivity contribution >= 4 is 67.2 Å². The number of halogens is 2. The number of benzene rings is 3. The Hall–Kier alpha value is -2.13. The molecule has 0 fully saturated rings. The minimum Gasteiger partial charge on any atom is -1.00 e. The number of aryl methyl sites for hydroxylation is 1. The molecule has 0 saturated heterocycles. The molecular weight excluding hydrogens is 663 g/mol. The number of nitrogens with zero attached hydrogens (tertiary/aromatic N) is 2. The molecule has 0 unspecified atom stereocenters. The van der Waals surface area contributed by atoms with Crippen LogP contribution in [-0.4, -0.2) is 41.7 Å². The average Bonchev–Trinajstić information content (AvgIpc) is 3.00. The number of hydrogen-bond acceptors (Lipinski definition) is 9. The van der Waals surface area contributed by atoms with Crippen LogP contribution in [0.1, 0.15) is 30.3 Å². The third-order valence-electron chi connectivity index (χ3n) is 5.64. The fraction of sp³-hybridized carbons (Fsp3) is 0.133. The molecule has 0 spiro atoms. The summed E-state index contributed by atoms with van der Waals surface area (Å²) in [4.78, 5) is 32.0. The Morgan fingerprint density at radius 1 is 0.933 bits per heavy atom. The van der Waals surface area contributed by atoms with Crippen LogP contribution in [0.15, 0.2) is 90.1 Å². The van der Waals surface area contributed by atoms with Gasteiger partial charge in [0.2, 0.25) is 0 Å². The van der Waals surface area contributed by atoms with Crippen molar-refractivity contribution in [2.24, 2.45) is 0 Å². The fourth-order valence-corrected chi connectivity index (χ4v) is 4.91. The van der Waals surface area contributed by atoms with Crippen LogP contribution in [0.5, 0.6) is 0 Å². The Kier molecular flexibility index (Phi) is 19.9. The van der Waals surface area contributed by atoms with Gasteiger partial charge < -0.3 is 22.0 Å². The van der Waals surface area contributed by atoms with Gasteiger partial charge in [-0.2, -0.15) is 0 Å². The molecule has 15 heteroatoms. The zero-order valence-electron chi connectivity index (χ0n) is 25.0. The molecule has 0 bridgehead atoms. The Morgan fingerprint density at radius 2 is 1.44 bits per heavy atom. The van der Waals surface area contributed by atoms with Gasteiger partial charge in [0.15, 0.2) is 9.84 Å². The Labute approximate surface area is 317 Å². The van der Waals surface area contributed by atoms with Crippen LogP contribution >= 0.6 is 23.2 Å². The van der Waals surface area contributed by atoms with Crippen LogP contribution in [0, 0.1) is 6.92 Å². The maximum Gasteiger partial charge on any atom is 1.00 e. The quantitative estimate of drug-likeness (QED) is 0.0979. The maximum absolute atomic E-state index is 12.3. The topological polar surface area (TPSA) is 159 Å². The van der Waals surface area contributed by atoms with Crippen molar-refractivity contribution in [3.05, 3.63) is 112 Å². The van der Waals surface area contributed by atoms with E-state index in [0.29, 0.717) is 15.6 Å². The number of rotatable bonds is 6. The fourth-order valence-electron chi connectivity index (χ4n) is 3.54. The number of aliphatic hydroxyl groups excluding tert-OH is 1. The molecule has 2 heterocycles. The van der Waals surface area contributed by atoms with Crippen LogP contribution in [-0.2, 0) is 26.1 Å². The maximum atomic E-state index is 12.3. The summed E-state index contributed by atoms with van der Waals surface area (Å²) in [5, 5.41) is 22.7. The van der Waals surface area contributed by atoms with Crippen molar-refractivity contribution in [3.63, 3.8) is 0 Å². The summed E-state index contributed by atoms with van der Waals surface area (Å²) in [7, 11) is -3.60. The van der Waals surface area contributed by atoms with Gasteiger partial charge in [0.05, 0.1) is 28.1 Å². The third kappa shape index (κ3) is 13.3. The van der Waals surface area contributed by atoms with E-state index in [1.807, 2.05) is 25.1 Å². The first kappa shape index (κ1) is 42.9. The SMILES string of the molecule is C.Cc1ccc(S(=O)(=O)CNC(=O)c2cnc3cc(Cl)ccc3c2)cc1.O=CO[O-].OCc1cnc2cc(Cl)ccc2c1.[H-].[Na+].[Na+]. The Morgan fingerprint density at radius 3 is 1.96 bits per heavy atom. The average molecular weight is 693 g/mol. The minimum atomic E-state index is -3.60. The van der Waals surface area contributed by atoms with Crippen molar-refractivity contribution in [2.45, 2.75) is 25.9 Å². The second-order valence-corrected chi connectivity index (χ2v) is 11.5. The van der Waals surface area contributed by atoms with Crippen molar-refractivity contribution in [1.29, 1.82) is 0 Å². The number of pyridine rings is 2. The normalized spacial score (nSPS) is 9.89. The largest absolute Gasteiger partial charge is 1.00 e. The first-order valence-corrected chi connectivity index (χ1v) is 14.5. The summed E-state index contributed by atoms with van der Waals surface area (Å²) >= 11 is 11.7. The van der Waals surface area contributed by atoms with Crippen molar-refractivity contribution in [1.82, 2.24) is 15.3 Å². The molecule has 2 aromatic heterocycles. The first-order valence-electron chi connectivity index (χ1n) is 12.1. The van der Waals surface area contributed by atoms with Crippen LogP contribution in [0.4, 0.5) is 0 Å². The van der Waals surface area contributed by atoms with Crippen LogP contribution < -0.4 is 69.7 Å². The number of aromatic nitrogens is 2. The number of carbonyl (C=O) groups excluding carboxylic acids is 2. The van der Waals surface area contributed by atoms with Crippen molar-refractivity contribution < 1.29 is 93.8 Å². The minimum absolute atomic E-state index is 0. The van der Waals surface area contributed by atoms with Crippen LogP contribution in [0.3, 0.4) is 0 Å². The number of sulfone groups is 1. The summed E-state index contributed by atoms with van der Waals surface area (Å²) < 4.78 is 24.6. The summed E-state index contributed by atoms with van der Waals surface area (Å²) in [6.07, 6.45) is 3.05. The predicted octanol–water partition coefficient (Wildman–Crippen LogP) is -1.07.